The van der Waals surface area contributed by atoms with Crippen molar-refractivity contribution in [3.05, 3.63) is 5.01 Å². The highest BCUT2D eigenvalue weighted by atomic mass is 32.1. The zero-order chi connectivity index (χ0) is 14.1. The molecule has 0 spiro atoms. The summed E-state index contributed by atoms with van der Waals surface area (Å²) in [4.78, 5) is 16.3. The number of aromatic nitrogens is 2. The van der Waals surface area contributed by atoms with E-state index >= 15 is 0 Å². The smallest absolute Gasteiger partial charge is 0.229 e. The number of rotatable bonds is 3. The van der Waals surface area contributed by atoms with Gasteiger partial charge in [-0.2, -0.15) is 0 Å². The quantitative estimate of drug-likeness (QED) is 0.825. The van der Waals surface area contributed by atoms with E-state index in [-0.39, 0.29) is 17.9 Å². The van der Waals surface area contributed by atoms with Gasteiger partial charge in [-0.15, -0.1) is 10.2 Å². The Labute approximate surface area is 122 Å². The Morgan fingerprint density at radius 3 is 3.00 bits per heavy atom. The first kappa shape index (κ1) is 13.8. The van der Waals surface area contributed by atoms with E-state index in [0.29, 0.717) is 19.8 Å². The Hall–Kier alpha value is -1.21. The van der Waals surface area contributed by atoms with Crippen LogP contribution >= 0.6 is 11.3 Å². The monoisotopic (exact) mass is 296 g/mol. The third-order valence-electron chi connectivity index (χ3n) is 3.94. The summed E-state index contributed by atoms with van der Waals surface area (Å²) in [5.74, 6) is 0.0966. The number of hydrogen-bond donors (Lipinski definition) is 0. The number of carbonyl (C=O) groups excluding carboxylic acids is 1. The zero-order valence-electron chi connectivity index (χ0n) is 11.9. The van der Waals surface area contributed by atoms with Crippen molar-refractivity contribution < 1.29 is 9.53 Å². The van der Waals surface area contributed by atoms with Crippen LogP contribution in [0.1, 0.15) is 18.4 Å². The number of carbonyl (C=O) groups is 1. The SMILES string of the molecule is CCCc1nnc(N2C[C@@H]3COC[C@H](C2)N(C)C3=O)s1. The van der Waals surface area contributed by atoms with E-state index in [2.05, 4.69) is 22.0 Å². The van der Waals surface area contributed by atoms with Gasteiger partial charge in [0.15, 0.2) is 0 Å². The van der Waals surface area contributed by atoms with Gasteiger partial charge in [0.1, 0.15) is 5.01 Å². The van der Waals surface area contributed by atoms with Gasteiger partial charge in [-0.05, 0) is 6.42 Å². The Kier molecular flexibility index (Phi) is 3.89. The summed E-state index contributed by atoms with van der Waals surface area (Å²) in [5.41, 5.74) is 0. The summed E-state index contributed by atoms with van der Waals surface area (Å²) in [5, 5.41) is 10.6. The Morgan fingerprint density at radius 1 is 1.35 bits per heavy atom. The second-order valence-electron chi connectivity index (χ2n) is 5.47. The van der Waals surface area contributed by atoms with E-state index < -0.39 is 0 Å². The molecule has 2 atom stereocenters. The molecule has 0 radical (unpaired) electrons. The molecular formula is C13H20N4O2S. The van der Waals surface area contributed by atoms with Crippen molar-refractivity contribution in [3.8, 4) is 0 Å². The van der Waals surface area contributed by atoms with Gasteiger partial charge in [-0.25, -0.2) is 0 Å². The summed E-state index contributed by atoms with van der Waals surface area (Å²) >= 11 is 1.65. The Morgan fingerprint density at radius 2 is 2.20 bits per heavy atom. The predicted octanol–water partition coefficient (Wildman–Crippen LogP) is 0.784. The van der Waals surface area contributed by atoms with Crippen molar-refractivity contribution >= 4 is 22.4 Å². The lowest BCUT2D eigenvalue weighted by atomic mass is 10.1. The van der Waals surface area contributed by atoms with Gasteiger partial charge in [-0.3, -0.25) is 4.79 Å². The number of aryl methyl sites for hydroxylation is 1. The molecule has 20 heavy (non-hydrogen) atoms. The van der Waals surface area contributed by atoms with Gasteiger partial charge in [0.2, 0.25) is 11.0 Å². The summed E-state index contributed by atoms with van der Waals surface area (Å²) in [6.07, 6.45) is 2.05. The van der Waals surface area contributed by atoms with E-state index in [1.807, 2.05) is 11.9 Å². The van der Waals surface area contributed by atoms with Crippen LogP contribution in [0, 0.1) is 5.92 Å². The molecule has 110 valence electrons. The second kappa shape index (κ2) is 5.65. The molecule has 1 aromatic rings. The first-order valence-electron chi connectivity index (χ1n) is 7.10. The lowest BCUT2D eigenvalue weighted by Crippen LogP contribution is -2.43. The molecule has 2 bridgehead atoms. The number of fused-ring (bicyclic) bond motifs is 3. The van der Waals surface area contributed by atoms with Gasteiger partial charge in [0, 0.05) is 26.6 Å². The van der Waals surface area contributed by atoms with Gasteiger partial charge in [-0.1, -0.05) is 18.3 Å². The molecule has 7 heteroatoms. The molecule has 1 amide bonds. The second-order valence-corrected chi connectivity index (χ2v) is 6.51. The van der Waals surface area contributed by atoms with E-state index in [4.69, 9.17) is 4.74 Å². The maximum Gasteiger partial charge on any atom is 0.229 e. The van der Waals surface area contributed by atoms with Crippen molar-refractivity contribution in [1.29, 1.82) is 0 Å². The predicted molar refractivity (Wildman–Crippen MR) is 77.0 cm³/mol. The zero-order valence-corrected chi connectivity index (χ0v) is 12.7. The van der Waals surface area contributed by atoms with Crippen LogP contribution in [0.3, 0.4) is 0 Å². The van der Waals surface area contributed by atoms with Crippen LogP contribution < -0.4 is 4.90 Å². The van der Waals surface area contributed by atoms with Crippen LogP contribution in [0.25, 0.3) is 0 Å². The van der Waals surface area contributed by atoms with E-state index in [0.717, 1.165) is 29.5 Å². The van der Waals surface area contributed by atoms with Crippen LogP contribution in [0.2, 0.25) is 0 Å². The highest BCUT2D eigenvalue weighted by Crippen LogP contribution is 2.27. The Bertz CT molecular complexity index is 492. The molecule has 0 aliphatic carbocycles. The minimum Gasteiger partial charge on any atom is -0.378 e. The Balaban J connectivity index is 1.82. The first-order valence-corrected chi connectivity index (χ1v) is 7.92. The number of nitrogens with zero attached hydrogens (tertiary/aromatic N) is 4. The lowest BCUT2D eigenvalue weighted by Gasteiger charge is -2.28. The highest BCUT2D eigenvalue weighted by Gasteiger charge is 2.38. The molecule has 2 saturated heterocycles. The van der Waals surface area contributed by atoms with Gasteiger partial charge < -0.3 is 14.5 Å². The highest BCUT2D eigenvalue weighted by molar-refractivity contribution is 7.15. The molecule has 2 aliphatic rings. The van der Waals surface area contributed by atoms with Crippen molar-refractivity contribution in [3.63, 3.8) is 0 Å². The van der Waals surface area contributed by atoms with E-state index in [1.54, 1.807) is 11.3 Å². The van der Waals surface area contributed by atoms with Crippen molar-refractivity contribution in [2.24, 2.45) is 5.92 Å². The first-order chi connectivity index (χ1) is 9.69. The molecule has 3 rings (SSSR count). The molecule has 6 nitrogen and oxygen atoms in total. The van der Waals surface area contributed by atoms with Crippen LogP contribution in [0.4, 0.5) is 5.13 Å². The summed E-state index contributed by atoms with van der Waals surface area (Å²) < 4.78 is 5.61. The fourth-order valence-electron chi connectivity index (χ4n) is 2.74. The molecule has 0 N–H and O–H groups in total. The van der Waals surface area contributed by atoms with E-state index in [1.165, 1.54) is 0 Å². The molecule has 0 unspecified atom stereocenters. The minimum atomic E-state index is -0.0916. The maximum absolute atomic E-state index is 12.3. The molecule has 2 fully saturated rings. The molecule has 3 heterocycles. The van der Waals surface area contributed by atoms with Gasteiger partial charge in [0.25, 0.3) is 0 Å². The van der Waals surface area contributed by atoms with Crippen LogP contribution in [0.15, 0.2) is 0 Å². The van der Waals surface area contributed by atoms with Gasteiger partial charge >= 0.3 is 0 Å². The average Bonchev–Trinajstić information content (AvgIpc) is 2.78. The fraction of sp³-hybridized carbons (Fsp3) is 0.769. The van der Waals surface area contributed by atoms with Crippen molar-refractivity contribution in [2.45, 2.75) is 25.8 Å². The fourth-order valence-corrected chi connectivity index (χ4v) is 3.70. The average molecular weight is 296 g/mol. The number of hydrogen-bond acceptors (Lipinski definition) is 6. The maximum atomic E-state index is 12.3. The number of amides is 1. The molecular weight excluding hydrogens is 276 g/mol. The number of likely N-dealkylation sites (N-methyl/N-ethyl adjacent to an activating group) is 1. The van der Waals surface area contributed by atoms with Crippen LogP contribution in [-0.4, -0.2) is 60.4 Å². The molecule has 2 aliphatic heterocycles. The summed E-state index contributed by atoms with van der Waals surface area (Å²) in [6, 6.07) is 0.105. The molecule has 0 saturated carbocycles. The standard InChI is InChI=1S/C13H20N4O2S/c1-3-4-11-14-15-13(20-11)17-5-9-7-19-8-10(6-17)16(2)12(9)18/h9-10H,3-8H2,1-2H3/t9-,10+/m1/s1. The largest absolute Gasteiger partial charge is 0.378 e. The summed E-state index contributed by atoms with van der Waals surface area (Å²) in [7, 11) is 1.88. The van der Waals surface area contributed by atoms with Crippen LogP contribution in [-0.2, 0) is 16.0 Å². The number of anilines is 1. The number of ether oxygens (including phenoxy) is 1. The van der Waals surface area contributed by atoms with Crippen LogP contribution in [0.5, 0.6) is 0 Å². The minimum absolute atomic E-state index is 0.0916. The third kappa shape index (κ3) is 2.52. The van der Waals surface area contributed by atoms with E-state index in [9.17, 15) is 4.79 Å². The topological polar surface area (TPSA) is 58.6 Å². The normalized spacial score (nSPS) is 26.8. The van der Waals surface area contributed by atoms with Crippen molar-refractivity contribution in [1.82, 2.24) is 15.1 Å². The molecule has 1 aromatic heterocycles. The summed E-state index contributed by atoms with van der Waals surface area (Å²) in [6.45, 7) is 4.72. The lowest BCUT2D eigenvalue weighted by molar-refractivity contribution is -0.133. The van der Waals surface area contributed by atoms with Gasteiger partial charge in [0.05, 0.1) is 25.2 Å². The van der Waals surface area contributed by atoms with Crippen molar-refractivity contribution in [2.75, 3.05) is 38.3 Å². The third-order valence-corrected chi connectivity index (χ3v) is 4.98. The molecule has 0 aromatic carbocycles.